The summed E-state index contributed by atoms with van der Waals surface area (Å²) in [5.41, 5.74) is -4.75. The molecule has 8 heteroatoms. The predicted octanol–water partition coefficient (Wildman–Crippen LogP) is 3.46. The van der Waals surface area contributed by atoms with Crippen molar-refractivity contribution in [3.8, 4) is 0 Å². The summed E-state index contributed by atoms with van der Waals surface area (Å²) in [7, 11) is 0. The highest BCUT2D eigenvalue weighted by atomic mass is 19.4. The number of halogens is 6. The average molecular weight is 308 g/mol. The van der Waals surface area contributed by atoms with E-state index in [1.54, 1.807) is 0 Å². The second-order valence-electron chi connectivity index (χ2n) is 5.17. The Labute approximate surface area is 115 Å². The molecule has 2 bridgehead atoms. The summed E-state index contributed by atoms with van der Waals surface area (Å²) < 4.78 is 79.1. The molecule has 1 saturated heterocycles. The second kappa shape index (κ2) is 4.22. The number of aromatic nitrogens is 1. The second-order valence-corrected chi connectivity index (χ2v) is 5.17. The molecule has 0 saturated carbocycles. The van der Waals surface area contributed by atoms with Crippen LogP contribution in [0.25, 0.3) is 0 Å². The van der Waals surface area contributed by atoms with Crippen molar-refractivity contribution in [2.75, 3.05) is 0 Å². The number of nitrogens with zero attached hydrogens (tertiary/aromatic N) is 1. The molecule has 114 valence electrons. The fourth-order valence-electron chi connectivity index (χ4n) is 3.34. The fourth-order valence-corrected chi connectivity index (χ4v) is 3.34. The van der Waals surface area contributed by atoms with Crippen molar-refractivity contribution in [2.24, 2.45) is 0 Å². The zero-order chi connectivity index (χ0) is 15.5. The third-order valence-electron chi connectivity index (χ3n) is 4.02. The number of hydrogen-bond donors (Lipinski definition) is 1. The van der Waals surface area contributed by atoms with Crippen LogP contribution in [0.1, 0.15) is 18.4 Å². The number of alkyl halides is 6. The molecule has 0 aromatic carbocycles. The number of pyridine rings is 1. The molecule has 1 aromatic rings. The molecule has 1 aromatic heterocycles. The van der Waals surface area contributed by atoms with Crippen LogP contribution in [0.5, 0.6) is 0 Å². The minimum Gasteiger partial charge on any atom is -0.297 e. The Morgan fingerprint density at radius 1 is 1.14 bits per heavy atom. The van der Waals surface area contributed by atoms with Gasteiger partial charge in [-0.1, -0.05) is 6.07 Å². The van der Waals surface area contributed by atoms with Crippen molar-refractivity contribution >= 4 is 0 Å². The number of rotatable bonds is 1. The topological polar surface area (TPSA) is 24.9 Å². The lowest BCUT2D eigenvalue weighted by Gasteiger charge is -2.32. The molecule has 2 nitrogen and oxygen atoms in total. The molecule has 2 aliphatic rings. The average Bonchev–Trinajstić information content (AvgIpc) is 2.95. The number of nitrogens with one attached hydrogen (secondary N) is 1. The number of fused-ring (bicyclic) bond motifs is 2. The summed E-state index contributed by atoms with van der Waals surface area (Å²) in [6.45, 7) is 0. The standard InChI is InChI=1S/C13H10F6N2/c14-12(15,16)9-8-3-4-11(21-8,10(9)13(17,18)19)7-2-1-5-20-6-7/h1-2,5-6,8,21H,3-4H2. The van der Waals surface area contributed by atoms with Crippen LogP contribution in [0.3, 0.4) is 0 Å². The lowest BCUT2D eigenvalue weighted by molar-refractivity contribution is -0.121. The van der Waals surface area contributed by atoms with Gasteiger partial charge in [0.05, 0.1) is 16.7 Å². The molecule has 3 rings (SSSR count). The largest absolute Gasteiger partial charge is 0.415 e. The quantitative estimate of drug-likeness (QED) is 0.635. The van der Waals surface area contributed by atoms with Crippen LogP contribution in [0, 0.1) is 0 Å². The van der Waals surface area contributed by atoms with Crippen molar-refractivity contribution in [1.29, 1.82) is 0 Å². The van der Waals surface area contributed by atoms with Crippen LogP contribution in [-0.2, 0) is 5.54 Å². The van der Waals surface area contributed by atoms with Gasteiger partial charge < -0.3 is 0 Å². The molecule has 0 spiro atoms. The van der Waals surface area contributed by atoms with Gasteiger partial charge in [0.15, 0.2) is 0 Å². The van der Waals surface area contributed by atoms with E-state index in [2.05, 4.69) is 10.3 Å². The maximum Gasteiger partial charge on any atom is 0.415 e. The molecular formula is C13H10F6N2. The summed E-state index contributed by atoms with van der Waals surface area (Å²) in [5, 5.41) is 2.52. The molecule has 2 unspecified atom stereocenters. The maximum absolute atomic E-state index is 13.3. The van der Waals surface area contributed by atoms with Gasteiger partial charge in [0.1, 0.15) is 0 Å². The highest BCUT2D eigenvalue weighted by molar-refractivity contribution is 5.50. The van der Waals surface area contributed by atoms with Crippen LogP contribution >= 0.6 is 0 Å². The van der Waals surface area contributed by atoms with Gasteiger partial charge in [-0.15, -0.1) is 0 Å². The summed E-state index contributed by atoms with van der Waals surface area (Å²) in [4.78, 5) is 3.73. The minimum atomic E-state index is -5.05. The molecule has 1 fully saturated rings. The molecule has 2 aliphatic heterocycles. The SMILES string of the molecule is FC(F)(F)C1=C(C(F)(F)F)C2(c3cccnc3)CCC1N2. The summed E-state index contributed by atoms with van der Waals surface area (Å²) in [5.74, 6) is 0. The first kappa shape index (κ1) is 14.4. The van der Waals surface area contributed by atoms with Gasteiger partial charge in [-0.2, -0.15) is 26.3 Å². The van der Waals surface area contributed by atoms with E-state index in [0.717, 1.165) is 0 Å². The van der Waals surface area contributed by atoms with E-state index in [4.69, 9.17) is 0 Å². The lowest BCUT2D eigenvalue weighted by Crippen LogP contribution is -2.41. The third-order valence-corrected chi connectivity index (χ3v) is 4.02. The van der Waals surface area contributed by atoms with E-state index in [0.29, 0.717) is 0 Å². The Bertz CT molecular complexity index is 589. The van der Waals surface area contributed by atoms with Crippen LogP contribution in [0.15, 0.2) is 35.7 Å². The normalized spacial score (nSPS) is 29.3. The van der Waals surface area contributed by atoms with Crippen LogP contribution in [0.2, 0.25) is 0 Å². The van der Waals surface area contributed by atoms with Crippen molar-refractivity contribution in [1.82, 2.24) is 10.3 Å². The Morgan fingerprint density at radius 3 is 2.38 bits per heavy atom. The van der Waals surface area contributed by atoms with Gasteiger partial charge in [0.25, 0.3) is 0 Å². The van der Waals surface area contributed by atoms with Crippen molar-refractivity contribution in [2.45, 2.75) is 36.8 Å². The van der Waals surface area contributed by atoms with E-state index in [1.807, 2.05) is 0 Å². The molecule has 21 heavy (non-hydrogen) atoms. The minimum absolute atomic E-state index is 0.0172. The Kier molecular flexibility index (Phi) is 2.89. The monoisotopic (exact) mass is 308 g/mol. The van der Waals surface area contributed by atoms with Gasteiger partial charge in [0.2, 0.25) is 0 Å². The van der Waals surface area contributed by atoms with Gasteiger partial charge in [0, 0.05) is 18.4 Å². The van der Waals surface area contributed by atoms with E-state index in [9.17, 15) is 26.3 Å². The Balaban J connectivity index is 2.25. The summed E-state index contributed by atoms with van der Waals surface area (Å²) in [6.07, 6.45) is -7.53. The van der Waals surface area contributed by atoms with Gasteiger partial charge in [-0.05, 0) is 24.5 Å². The zero-order valence-corrected chi connectivity index (χ0v) is 10.5. The van der Waals surface area contributed by atoms with Gasteiger partial charge in [-0.3, -0.25) is 10.3 Å². The van der Waals surface area contributed by atoms with Crippen LogP contribution < -0.4 is 5.32 Å². The zero-order valence-electron chi connectivity index (χ0n) is 10.5. The van der Waals surface area contributed by atoms with Crippen molar-refractivity contribution < 1.29 is 26.3 Å². The predicted molar refractivity (Wildman–Crippen MR) is 61.2 cm³/mol. The summed E-state index contributed by atoms with van der Waals surface area (Å²) in [6, 6.07) is 1.47. The van der Waals surface area contributed by atoms with Crippen LogP contribution in [0.4, 0.5) is 26.3 Å². The first-order valence-electron chi connectivity index (χ1n) is 6.23. The molecule has 1 N–H and O–H groups in total. The molecule has 3 heterocycles. The smallest absolute Gasteiger partial charge is 0.297 e. The first-order chi connectivity index (χ1) is 9.66. The molecule has 0 radical (unpaired) electrons. The van der Waals surface area contributed by atoms with E-state index in [-0.39, 0.29) is 18.4 Å². The number of hydrogen-bond acceptors (Lipinski definition) is 2. The fraction of sp³-hybridized carbons (Fsp3) is 0.462. The van der Waals surface area contributed by atoms with Crippen LogP contribution in [-0.4, -0.2) is 23.4 Å². The first-order valence-corrected chi connectivity index (χ1v) is 6.23. The van der Waals surface area contributed by atoms with Gasteiger partial charge >= 0.3 is 12.4 Å². The lowest BCUT2D eigenvalue weighted by atomic mass is 9.77. The van der Waals surface area contributed by atoms with E-state index < -0.39 is 35.1 Å². The highest BCUT2D eigenvalue weighted by Gasteiger charge is 2.64. The van der Waals surface area contributed by atoms with Crippen molar-refractivity contribution in [3.63, 3.8) is 0 Å². The molecule has 0 aliphatic carbocycles. The van der Waals surface area contributed by atoms with E-state index in [1.165, 1.54) is 24.5 Å². The Hall–Kier alpha value is -1.57. The summed E-state index contributed by atoms with van der Waals surface area (Å²) >= 11 is 0. The van der Waals surface area contributed by atoms with E-state index >= 15 is 0 Å². The van der Waals surface area contributed by atoms with Crippen molar-refractivity contribution in [3.05, 3.63) is 41.2 Å². The molecular weight excluding hydrogens is 298 g/mol. The third kappa shape index (κ3) is 2.04. The maximum atomic E-state index is 13.3. The molecule has 2 atom stereocenters. The highest BCUT2D eigenvalue weighted by Crippen LogP contribution is 2.57. The Morgan fingerprint density at radius 2 is 1.86 bits per heavy atom. The molecule has 0 amide bonds. The van der Waals surface area contributed by atoms with Gasteiger partial charge in [-0.25, -0.2) is 0 Å².